The summed E-state index contributed by atoms with van der Waals surface area (Å²) in [6, 6.07) is 7.94. The predicted octanol–water partition coefficient (Wildman–Crippen LogP) is 2.73. The Balaban J connectivity index is 2.06. The molecule has 1 fully saturated rings. The molecule has 82 valence electrons. The molecule has 0 bridgehead atoms. The van der Waals surface area contributed by atoms with Gasteiger partial charge in [-0.3, -0.25) is 4.90 Å². The number of likely N-dealkylation sites (N-methyl/N-ethyl adjacent to an activating group) is 1. The quantitative estimate of drug-likeness (QED) is 0.768. The fourth-order valence-electron chi connectivity index (χ4n) is 1.87. The minimum atomic E-state index is 0.205. The van der Waals surface area contributed by atoms with E-state index in [-0.39, 0.29) is 6.10 Å². The Hall–Kier alpha value is -0.570. The van der Waals surface area contributed by atoms with Crippen LogP contribution in [-0.4, -0.2) is 31.1 Å². The molecule has 1 aromatic rings. The zero-order valence-electron chi connectivity index (χ0n) is 8.95. The Morgan fingerprint density at radius 2 is 2.13 bits per heavy atom. The first-order valence-corrected chi connectivity index (χ1v) is 5.77. The van der Waals surface area contributed by atoms with Crippen LogP contribution in [0.15, 0.2) is 24.3 Å². The van der Waals surface area contributed by atoms with Crippen molar-refractivity contribution in [1.82, 2.24) is 4.90 Å². The number of rotatable bonds is 2. The van der Waals surface area contributed by atoms with Gasteiger partial charge in [0.15, 0.2) is 0 Å². The maximum Gasteiger partial charge on any atom is 0.0952 e. The van der Waals surface area contributed by atoms with Gasteiger partial charge < -0.3 is 4.74 Å². The van der Waals surface area contributed by atoms with Crippen molar-refractivity contribution in [2.24, 2.45) is 0 Å². The van der Waals surface area contributed by atoms with Crippen molar-refractivity contribution in [3.63, 3.8) is 0 Å². The molecular formula is C12H16ClNO. The first-order valence-electron chi connectivity index (χ1n) is 5.39. The molecule has 0 radical (unpaired) electrons. The second-order valence-corrected chi connectivity index (χ2v) is 4.24. The molecule has 1 atom stereocenters. The number of hydrogen-bond donors (Lipinski definition) is 0. The van der Waals surface area contributed by atoms with Crippen LogP contribution >= 0.6 is 11.6 Å². The molecule has 0 saturated carbocycles. The summed E-state index contributed by atoms with van der Waals surface area (Å²) >= 11 is 5.86. The topological polar surface area (TPSA) is 12.5 Å². The second-order valence-electron chi connectivity index (χ2n) is 3.80. The molecule has 1 aliphatic heterocycles. The molecule has 2 nitrogen and oxygen atoms in total. The largest absolute Gasteiger partial charge is 0.371 e. The Morgan fingerprint density at radius 3 is 2.80 bits per heavy atom. The molecular weight excluding hydrogens is 210 g/mol. The summed E-state index contributed by atoms with van der Waals surface area (Å²) in [5.74, 6) is 0. The Bertz CT molecular complexity index is 312. The lowest BCUT2D eigenvalue weighted by Gasteiger charge is -2.32. The maximum absolute atomic E-state index is 5.86. The number of morpholine rings is 1. The monoisotopic (exact) mass is 225 g/mol. The van der Waals surface area contributed by atoms with Crippen molar-refractivity contribution in [3.05, 3.63) is 34.9 Å². The van der Waals surface area contributed by atoms with E-state index in [0.717, 1.165) is 31.3 Å². The minimum Gasteiger partial charge on any atom is -0.371 e. The summed E-state index contributed by atoms with van der Waals surface area (Å²) in [5, 5.41) is 0.780. The highest BCUT2D eigenvalue weighted by Gasteiger charge is 2.20. The molecule has 0 amide bonds. The SMILES string of the molecule is CCN1CCOC(c2ccc(Cl)cc2)C1. The molecule has 1 aromatic carbocycles. The highest BCUT2D eigenvalue weighted by atomic mass is 35.5. The molecule has 1 aliphatic rings. The fraction of sp³-hybridized carbons (Fsp3) is 0.500. The van der Waals surface area contributed by atoms with E-state index in [1.54, 1.807) is 0 Å². The zero-order chi connectivity index (χ0) is 10.7. The van der Waals surface area contributed by atoms with Gasteiger partial charge in [0.1, 0.15) is 0 Å². The summed E-state index contributed by atoms with van der Waals surface area (Å²) in [5.41, 5.74) is 1.22. The highest BCUT2D eigenvalue weighted by Crippen LogP contribution is 2.23. The molecule has 1 heterocycles. The number of hydrogen-bond acceptors (Lipinski definition) is 2. The van der Waals surface area contributed by atoms with Gasteiger partial charge in [0.05, 0.1) is 12.7 Å². The van der Waals surface area contributed by atoms with Crippen LogP contribution in [0.2, 0.25) is 5.02 Å². The Kier molecular flexibility index (Phi) is 3.62. The third kappa shape index (κ3) is 2.71. The average Bonchev–Trinajstić information content (AvgIpc) is 2.30. The van der Waals surface area contributed by atoms with Crippen molar-refractivity contribution < 1.29 is 4.74 Å². The second kappa shape index (κ2) is 4.97. The van der Waals surface area contributed by atoms with E-state index in [0.29, 0.717) is 0 Å². The van der Waals surface area contributed by atoms with E-state index in [9.17, 15) is 0 Å². The normalized spacial score (nSPS) is 22.9. The summed E-state index contributed by atoms with van der Waals surface area (Å²) in [6.45, 7) is 6.12. The van der Waals surface area contributed by atoms with Gasteiger partial charge in [-0.05, 0) is 24.2 Å². The van der Waals surface area contributed by atoms with Gasteiger partial charge in [0.2, 0.25) is 0 Å². The zero-order valence-corrected chi connectivity index (χ0v) is 9.70. The number of halogens is 1. The van der Waals surface area contributed by atoms with Gasteiger partial charge >= 0.3 is 0 Å². The van der Waals surface area contributed by atoms with Crippen LogP contribution in [0.3, 0.4) is 0 Å². The third-order valence-corrected chi connectivity index (χ3v) is 3.09. The van der Waals surface area contributed by atoms with E-state index >= 15 is 0 Å². The van der Waals surface area contributed by atoms with Crippen molar-refractivity contribution in [3.8, 4) is 0 Å². The van der Waals surface area contributed by atoms with Gasteiger partial charge in [-0.25, -0.2) is 0 Å². The van der Waals surface area contributed by atoms with Crippen LogP contribution in [-0.2, 0) is 4.74 Å². The molecule has 15 heavy (non-hydrogen) atoms. The van der Waals surface area contributed by atoms with E-state index < -0.39 is 0 Å². The number of benzene rings is 1. The summed E-state index contributed by atoms with van der Waals surface area (Å²) < 4.78 is 5.75. The number of ether oxygens (including phenoxy) is 1. The number of nitrogens with zero attached hydrogens (tertiary/aromatic N) is 1. The van der Waals surface area contributed by atoms with Gasteiger partial charge in [-0.1, -0.05) is 30.7 Å². The van der Waals surface area contributed by atoms with Crippen molar-refractivity contribution >= 4 is 11.6 Å². The van der Waals surface area contributed by atoms with Crippen molar-refractivity contribution in [2.45, 2.75) is 13.0 Å². The molecule has 0 spiro atoms. The molecule has 1 unspecified atom stereocenters. The summed E-state index contributed by atoms with van der Waals surface area (Å²) in [6.07, 6.45) is 0.205. The Labute approximate surface area is 95.8 Å². The molecule has 0 N–H and O–H groups in total. The Morgan fingerprint density at radius 1 is 1.40 bits per heavy atom. The van der Waals surface area contributed by atoms with Crippen molar-refractivity contribution in [1.29, 1.82) is 0 Å². The van der Waals surface area contributed by atoms with E-state index in [1.165, 1.54) is 5.56 Å². The van der Waals surface area contributed by atoms with Gasteiger partial charge in [-0.15, -0.1) is 0 Å². The molecule has 0 aromatic heterocycles. The van der Waals surface area contributed by atoms with Crippen LogP contribution in [0.4, 0.5) is 0 Å². The lowest BCUT2D eigenvalue weighted by Crippen LogP contribution is -2.37. The summed E-state index contributed by atoms with van der Waals surface area (Å²) in [4.78, 5) is 2.41. The highest BCUT2D eigenvalue weighted by molar-refractivity contribution is 6.30. The van der Waals surface area contributed by atoms with Crippen molar-refractivity contribution in [2.75, 3.05) is 26.2 Å². The standard InChI is InChI=1S/C12H16ClNO/c1-2-14-7-8-15-12(9-14)10-3-5-11(13)6-4-10/h3-6,12H,2,7-9H2,1H3. The van der Waals surface area contributed by atoms with E-state index in [1.807, 2.05) is 24.3 Å². The van der Waals surface area contributed by atoms with Gasteiger partial charge in [0, 0.05) is 18.1 Å². The molecule has 2 rings (SSSR count). The van der Waals surface area contributed by atoms with Gasteiger partial charge in [0.25, 0.3) is 0 Å². The lowest BCUT2D eigenvalue weighted by atomic mass is 10.1. The van der Waals surface area contributed by atoms with E-state index in [2.05, 4.69) is 11.8 Å². The van der Waals surface area contributed by atoms with Crippen LogP contribution in [0.25, 0.3) is 0 Å². The third-order valence-electron chi connectivity index (χ3n) is 2.84. The lowest BCUT2D eigenvalue weighted by molar-refractivity contribution is -0.0281. The predicted molar refractivity (Wildman–Crippen MR) is 62.3 cm³/mol. The first kappa shape index (κ1) is 10.9. The summed E-state index contributed by atoms with van der Waals surface area (Å²) in [7, 11) is 0. The van der Waals surface area contributed by atoms with Crippen LogP contribution in [0.5, 0.6) is 0 Å². The molecule has 1 saturated heterocycles. The van der Waals surface area contributed by atoms with Crippen LogP contribution in [0, 0.1) is 0 Å². The van der Waals surface area contributed by atoms with Crippen LogP contribution < -0.4 is 0 Å². The molecule has 0 aliphatic carbocycles. The smallest absolute Gasteiger partial charge is 0.0952 e. The minimum absolute atomic E-state index is 0.205. The van der Waals surface area contributed by atoms with E-state index in [4.69, 9.17) is 16.3 Å². The average molecular weight is 226 g/mol. The fourth-order valence-corrected chi connectivity index (χ4v) is 1.99. The van der Waals surface area contributed by atoms with Gasteiger partial charge in [-0.2, -0.15) is 0 Å². The first-order chi connectivity index (χ1) is 7.29. The van der Waals surface area contributed by atoms with Crippen LogP contribution in [0.1, 0.15) is 18.6 Å². The molecule has 3 heteroatoms. The maximum atomic E-state index is 5.86.